The molecular formula is C27H23ClN6O2. The number of hydrogen-bond donors (Lipinski definition) is 2. The molecule has 0 bridgehead atoms. The molecule has 180 valence electrons. The molecule has 0 unspecified atom stereocenters. The van der Waals surface area contributed by atoms with Crippen molar-refractivity contribution in [2.75, 3.05) is 12.4 Å². The van der Waals surface area contributed by atoms with Crippen LogP contribution in [0.15, 0.2) is 73.2 Å². The molecule has 0 saturated heterocycles. The Bertz CT molecular complexity index is 1600. The predicted octanol–water partition coefficient (Wildman–Crippen LogP) is 5.89. The zero-order valence-electron chi connectivity index (χ0n) is 19.9. The molecule has 0 spiro atoms. The molecular weight excluding hydrogens is 476 g/mol. The highest BCUT2D eigenvalue weighted by molar-refractivity contribution is 6.33. The Morgan fingerprint density at radius 2 is 1.83 bits per heavy atom. The molecule has 2 N–H and O–H groups in total. The fourth-order valence-electron chi connectivity index (χ4n) is 3.93. The van der Waals surface area contributed by atoms with Gasteiger partial charge in [-0.25, -0.2) is 4.98 Å². The van der Waals surface area contributed by atoms with Gasteiger partial charge in [-0.2, -0.15) is 0 Å². The molecule has 36 heavy (non-hydrogen) atoms. The minimum Gasteiger partial charge on any atom is -0.457 e. The number of imidazole rings is 1. The van der Waals surface area contributed by atoms with Crippen LogP contribution in [0.3, 0.4) is 0 Å². The summed E-state index contributed by atoms with van der Waals surface area (Å²) in [6.45, 7) is 2.05. The maximum Gasteiger partial charge on any atom is 0.269 e. The van der Waals surface area contributed by atoms with E-state index in [4.69, 9.17) is 21.3 Å². The lowest BCUT2D eigenvalue weighted by Gasteiger charge is -2.12. The molecule has 0 saturated carbocycles. The van der Waals surface area contributed by atoms with Gasteiger partial charge in [-0.1, -0.05) is 17.7 Å². The molecule has 0 fully saturated rings. The first-order valence-corrected chi connectivity index (χ1v) is 11.6. The Labute approximate surface area is 213 Å². The topological polar surface area (TPSA) is 94.0 Å². The third-order valence-corrected chi connectivity index (χ3v) is 6.14. The molecule has 2 aromatic carbocycles. The lowest BCUT2D eigenvalue weighted by atomic mass is 10.0. The van der Waals surface area contributed by atoms with Gasteiger partial charge in [0.2, 0.25) is 5.95 Å². The highest BCUT2D eigenvalue weighted by Crippen LogP contribution is 2.33. The van der Waals surface area contributed by atoms with E-state index in [2.05, 4.69) is 26.7 Å². The van der Waals surface area contributed by atoms with Crippen LogP contribution in [0.25, 0.3) is 22.2 Å². The Hall–Kier alpha value is -4.43. The van der Waals surface area contributed by atoms with Crippen LogP contribution in [0, 0.1) is 6.92 Å². The van der Waals surface area contributed by atoms with Crippen LogP contribution >= 0.6 is 11.6 Å². The van der Waals surface area contributed by atoms with E-state index in [1.54, 1.807) is 31.6 Å². The lowest BCUT2D eigenvalue weighted by Crippen LogP contribution is -2.18. The number of aromatic nitrogens is 4. The third-order valence-electron chi connectivity index (χ3n) is 5.84. The highest BCUT2D eigenvalue weighted by atomic mass is 35.5. The molecule has 9 heteroatoms. The van der Waals surface area contributed by atoms with Crippen LogP contribution in [-0.2, 0) is 7.05 Å². The number of nitrogens with zero attached hydrogens (tertiary/aromatic N) is 4. The fraction of sp³-hybridized carbons (Fsp3) is 0.111. The number of pyridine rings is 2. The van der Waals surface area contributed by atoms with Gasteiger partial charge in [0.25, 0.3) is 5.91 Å². The Morgan fingerprint density at radius 1 is 1.00 bits per heavy atom. The highest BCUT2D eigenvalue weighted by Gasteiger charge is 2.13. The number of fused-ring (bicyclic) bond motifs is 1. The Kier molecular flexibility index (Phi) is 6.26. The summed E-state index contributed by atoms with van der Waals surface area (Å²) in [5, 5.41) is 6.57. The first-order valence-electron chi connectivity index (χ1n) is 11.2. The smallest absolute Gasteiger partial charge is 0.269 e. The summed E-state index contributed by atoms with van der Waals surface area (Å²) in [6.07, 6.45) is 4.92. The van der Waals surface area contributed by atoms with Gasteiger partial charge in [0, 0.05) is 56.1 Å². The lowest BCUT2D eigenvalue weighted by molar-refractivity contribution is 0.0958. The second-order valence-corrected chi connectivity index (χ2v) is 8.62. The molecule has 5 rings (SSSR count). The zero-order chi connectivity index (χ0) is 25.2. The number of carbonyl (C=O) groups excluding carboxylic acids is 1. The van der Waals surface area contributed by atoms with Crippen molar-refractivity contribution < 1.29 is 9.53 Å². The molecule has 5 aromatic rings. The van der Waals surface area contributed by atoms with Crippen molar-refractivity contribution in [2.24, 2.45) is 7.05 Å². The van der Waals surface area contributed by atoms with Crippen LogP contribution < -0.4 is 15.4 Å². The van der Waals surface area contributed by atoms with Crippen molar-refractivity contribution >= 4 is 40.2 Å². The summed E-state index contributed by atoms with van der Waals surface area (Å²) in [7, 11) is 3.51. The maximum absolute atomic E-state index is 11.9. The van der Waals surface area contributed by atoms with E-state index in [9.17, 15) is 4.79 Å². The number of ether oxygens (including phenoxy) is 1. The van der Waals surface area contributed by atoms with Gasteiger partial charge < -0.3 is 19.9 Å². The van der Waals surface area contributed by atoms with Crippen LogP contribution in [0.2, 0.25) is 5.02 Å². The predicted molar refractivity (Wildman–Crippen MR) is 141 cm³/mol. The minimum absolute atomic E-state index is 0.276. The summed E-state index contributed by atoms with van der Waals surface area (Å²) >= 11 is 6.39. The molecule has 3 aromatic heterocycles. The number of benzene rings is 2. The van der Waals surface area contributed by atoms with E-state index >= 15 is 0 Å². The van der Waals surface area contributed by atoms with E-state index in [1.807, 2.05) is 54.9 Å². The number of aryl methyl sites for hydroxylation is 2. The quantitative estimate of drug-likeness (QED) is 0.303. The molecule has 0 radical (unpaired) electrons. The average molecular weight is 499 g/mol. The van der Waals surface area contributed by atoms with Crippen LogP contribution in [0.1, 0.15) is 16.1 Å². The number of hydrogen-bond acceptors (Lipinski definition) is 6. The Balaban J connectivity index is 1.42. The van der Waals surface area contributed by atoms with E-state index in [0.29, 0.717) is 22.5 Å². The summed E-state index contributed by atoms with van der Waals surface area (Å²) in [6, 6.07) is 17.0. The van der Waals surface area contributed by atoms with Crippen molar-refractivity contribution in [3.8, 4) is 22.6 Å². The summed E-state index contributed by atoms with van der Waals surface area (Å²) in [4.78, 5) is 24.8. The second kappa shape index (κ2) is 9.67. The normalized spacial score (nSPS) is 10.9. The van der Waals surface area contributed by atoms with Crippen molar-refractivity contribution in [1.82, 2.24) is 24.8 Å². The number of halogens is 1. The number of anilines is 2. The average Bonchev–Trinajstić information content (AvgIpc) is 3.19. The minimum atomic E-state index is -0.276. The van der Waals surface area contributed by atoms with Crippen molar-refractivity contribution in [3.05, 3.63) is 89.5 Å². The first-order chi connectivity index (χ1) is 17.4. The number of amides is 1. The van der Waals surface area contributed by atoms with Gasteiger partial charge in [-0.15, -0.1) is 0 Å². The zero-order valence-corrected chi connectivity index (χ0v) is 20.7. The van der Waals surface area contributed by atoms with Gasteiger partial charge in [-0.3, -0.25) is 14.8 Å². The van der Waals surface area contributed by atoms with Crippen molar-refractivity contribution in [3.63, 3.8) is 0 Å². The van der Waals surface area contributed by atoms with Gasteiger partial charge in [0.05, 0.1) is 16.1 Å². The Morgan fingerprint density at radius 3 is 2.64 bits per heavy atom. The molecule has 0 atom stereocenters. The van der Waals surface area contributed by atoms with Gasteiger partial charge in [-0.05, 0) is 54.4 Å². The molecule has 0 aliphatic rings. The molecule has 3 heterocycles. The van der Waals surface area contributed by atoms with E-state index in [-0.39, 0.29) is 11.6 Å². The van der Waals surface area contributed by atoms with Crippen molar-refractivity contribution in [1.29, 1.82) is 0 Å². The SMILES string of the molecule is CNC(=O)c1cc(Oc2ccc3c(c2)nc(Nc2ccc(C)c(-c4ccncc4Cl)c2)n3C)ccn1. The maximum atomic E-state index is 11.9. The van der Waals surface area contributed by atoms with E-state index in [1.165, 1.54) is 6.20 Å². The molecule has 8 nitrogen and oxygen atoms in total. The standard InChI is InChI=1S/C27H23ClN6O2/c1-16-4-5-17(12-21(16)20-9-10-30-15-22(20)28)32-27-33-23-13-18(6-7-25(23)34(27)3)36-19-8-11-31-24(14-19)26(35)29-2/h4-15H,1-3H3,(H,29,35)(H,32,33). The number of nitrogens with one attached hydrogen (secondary N) is 2. The van der Waals surface area contributed by atoms with Gasteiger partial charge in [0.1, 0.15) is 17.2 Å². The summed E-state index contributed by atoms with van der Waals surface area (Å²) < 4.78 is 7.95. The second-order valence-electron chi connectivity index (χ2n) is 8.21. The van der Waals surface area contributed by atoms with Crippen LogP contribution in [0.4, 0.5) is 11.6 Å². The molecule has 1 amide bonds. The number of rotatable bonds is 6. The molecule has 0 aliphatic carbocycles. The third kappa shape index (κ3) is 4.58. The molecule has 0 aliphatic heterocycles. The largest absolute Gasteiger partial charge is 0.457 e. The summed E-state index contributed by atoms with van der Waals surface area (Å²) in [5.74, 6) is 1.52. The van der Waals surface area contributed by atoms with Crippen molar-refractivity contribution in [2.45, 2.75) is 6.92 Å². The monoisotopic (exact) mass is 498 g/mol. The van der Waals surface area contributed by atoms with Crippen LogP contribution in [0.5, 0.6) is 11.5 Å². The van der Waals surface area contributed by atoms with Gasteiger partial charge >= 0.3 is 0 Å². The number of carbonyl (C=O) groups is 1. The van der Waals surface area contributed by atoms with E-state index < -0.39 is 0 Å². The fourth-order valence-corrected chi connectivity index (χ4v) is 4.15. The summed E-state index contributed by atoms with van der Waals surface area (Å²) in [5.41, 5.74) is 5.93. The van der Waals surface area contributed by atoms with Gasteiger partial charge in [0.15, 0.2) is 0 Å². The van der Waals surface area contributed by atoms with E-state index in [0.717, 1.165) is 33.4 Å². The van der Waals surface area contributed by atoms with Crippen LogP contribution in [-0.4, -0.2) is 32.5 Å². The first kappa shape index (κ1) is 23.3.